The average Bonchev–Trinajstić information content (AvgIpc) is 2.48. The van der Waals surface area contributed by atoms with Gasteiger partial charge in [-0.2, -0.15) is 0 Å². The van der Waals surface area contributed by atoms with Crippen LogP contribution in [-0.2, 0) is 11.3 Å². The van der Waals surface area contributed by atoms with Gasteiger partial charge in [-0.25, -0.2) is 4.79 Å². The molecular formula is C18H29N3O2. The molecule has 128 valence electrons. The van der Waals surface area contributed by atoms with E-state index in [0.717, 1.165) is 43.6 Å². The SMILES string of the molecule is CC(C)(C)OC(=O)N1CCCCC1CNCc1ccccc1N. The molecule has 0 aliphatic carbocycles. The molecular weight excluding hydrogens is 290 g/mol. The fourth-order valence-corrected chi connectivity index (χ4v) is 2.84. The number of nitrogens with zero attached hydrogens (tertiary/aromatic N) is 1. The van der Waals surface area contributed by atoms with E-state index in [0.29, 0.717) is 6.54 Å². The number of ether oxygens (including phenoxy) is 1. The lowest BCUT2D eigenvalue weighted by Gasteiger charge is -2.37. The van der Waals surface area contributed by atoms with Crippen molar-refractivity contribution in [3.8, 4) is 0 Å². The molecule has 1 atom stereocenters. The molecule has 1 aromatic rings. The Bertz CT molecular complexity index is 525. The Kier molecular flexibility index (Phi) is 5.88. The third-order valence-electron chi connectivity index (χ3n) is 4.01. The van der Waals surface area contributed by atoms with Crippen LogP contribution in [0.4, 0.5) is 10.5 Å². The molecule has 1 aliphatic heterocycles. The molecule has 5 heteroatoms. The topological polar surface area (TPSA) is 67.6 Å². The van der Waals surface area contributed by atoms with E-state index in [1.165, 1.54) is 0 Å². The Morgan fingerprint density at radius 3 is 2.78 bits per heavy atom. The molecule has 1 aliphatic rings. The smallest absolute Gasteiger partial charge is 0.410 e. The molecule has 0 radical (unpaired) electrons. The predicted octanol–water partition coefficient (Wildman–Crippen LogP) is 3.15. The first-order valence-electron chi connectivity index (χ1n) is 8.40. The van der Waals surface area contributed by atoms with Gasteiger partial charge in [0.25, 0.3) is 0 Å². The third kappa shape index (κ3) is 5.43. The number of likely N-dealkylation sites (tertiary alicyclic amines) is 1. The lowest BCUT2D eigenvalue weighted by molar-refractivity contribution is 0.00993. The monoisotopic (exact) mass is 319 g/mol. The van der Waals surface area contributed by atoms with Gasteiger partial charge in [-0.15, -0.1) is 0 Å². The van der Waals surface area contributed by atoms with Crippen LogP contribution in [0.1, 0.15) is 45.6 Å². The fraction of sp³-hybridized carbons (Fsp3) is 0.611. The zero-order valence-electron chi connectivity index (χ0n) is 14.5. The van der Waals surface area contributed by atoms with Gasteiger partial charge in [-0.1, -0.05) is 18.2 Å². The van der Waals surface area contributed by atoms with Gasteiger partial charge >= 0.3 is 6.09 Å². The second-order valence-corrected chi connectivity index (χ2v) is 7.15. The maximum atomic E-state index is 12.4. The van der Waals surface area contributed by atoms with Crippen LogP contribution in [0.3, 0.4) is 0 Å². The molecule has 1 fully saturated rings. The number of benzene rings is 1. The highest BCUT2D eigenvalue weighted by Gasteiger charge is 2.30. The van der Waals surface area contributed by atoms with Crippen molar-refractivity contribution in [1.29, 1.82) is 0 Å². The molecule has 0 saturated carbocycles. The number of piperidine rings is 1. The molecule has 0 aromatic heterocycles. The van der Waals surface area contributed by atoms with Gasteiger partial charge < -0.3 is 20.7 Å². The third-order valence-corrected chi connectivity index (χ3v) is 4.01. The summed E-state index contributed by atoms with van der Waals surface area (Å²) in [5.74, 6) is 0. The molecule has 2 rings (SSSR count). The van der Waals surface area contributed by atoms with E-state index in [1.54, 1.807) is 0 Å². The Morgan fingerprint density at radius 1 is 1.35 bits per heavy atom. The standard InChI is InChI=1S/C18H29N3O2/c1-18(2,3)23-17(22)21-11-7-6-9-15(21)13-20-12-14-8-4-5-10-16(14)19/h4-5,8,10,15,20H,6-7,9,11-13,19H2,1-3H3. The zero-order chi connectivity index (χ0) is 16.9. The summed E-state index contributed by atoms with van der Waals surface area (Å²) >= 11 is 0. The summed E-state index contributed by atoms with van der Waals surface area (Å²) < 4.78 is 5.53. The minimum Gasteiger partial charge on any atom is -0.444 e. The Morgan fingerprint density at radius 2 is 2.09 bits per heavy atom. The number of nitrogens with one attached hydrogen (secondary N) is 1. The zero-order valence-corrected chi connectivity index (χ0v) is 14.5. The van der Waals surface area contributed by atoms with E-state index in [4.69, 9.17) is 10.5 Å². The molecule has 1 aromatic carbocycles. The van der Waals surface area contributed by atoms with Crippen molar-refractivity contribution in [3.05, 3.63) is 29.8 Å². The van der Waals surface area contributed by atoms with Crippen LogP contribution in [0, 0.1) is 0 Å². The quantitative estimate of drug-likeness (QED) is 0.837. The second kappa shape index (κ2) is 7.68. The maximum absolute atomic E-state index is 12.4. The Balaban J connectivity index is 1.89. The molecule has 1 saturated heterocycles. The van der Waals surface area contributed by atoms with Crippen molar-refractivity contribution in [3.63, 3.8) is 0 Å². The Labute approximate surface area is 139 Å². The summed E-state index contributed by atoms with van der Waals surface area (Å²) in [4.78, 5) is 14.2. The molecule has 5 nitrogen and oxygen atoms in total. The van der Waals surface area contributed by atoms with Crippen molar-refractivity contribution >= 4 is 11.8 Å². The minimum atomic E-state index is -0.453. The number of hydrogen-bond donors (Lipinski definition) is 2. The van der Waals surface area contributed by atoms with Gasteiger partial charge in [-0.05, 0) is 51.7 Å². The number of hydrogen-bond acceptors (Lipinski definition) is 4. The second-order valence-electron chi connectivity index (χ2n) is 7.15. The first kappa shape index (κ1) is 17.6. The lowest BCUT2D eigenvalue weighted by Crippen LogP contribution is -2.50. The van der Waals surface area contributed by atoms with Crippen LogP contribution in [0.25, 0.3) is 0 Å². The average molecular weight is 319 g/mol. The van der Waals surface area contributed by atoms with E-state index in [2.05, 4.69) is 5.32 Å². The van der Waals surface area contributed by atoms with Crippen molar-refractivity contribution in [2.24, 2.45) is 0 Å². The highest BCUT2D eigenvalue weighted by Crippen LogP contribution is 2.20. The fourth-order valence-electron chi connectivity index (χ4n) is 2.84. The van der Waals surface area contributed by atoms with E-state index in [-0.39, 0.29) is 12.1 Å². The summed E-state index contributed by atoms with van der Waals surface area (Å²) in [6.45, 7) is 7.95. The molecule has 0 spiro atoms. The van der Waals surface area contributed by atoms with Crippen molar-refractivity contribution in [2.45, 2.75) is 58.2 Å². The lowest BCUT2D eigenvalue weighted by atomic mass is 10.0. The molecule has 23 heavy (non-hydrogen) atoms. The highest BCUT2D eigenvalue weighted by atomic mass is 16.6. The van der Waals surface area contributed by atoms with Gasteiger partial charge in [0, 0.05) is 31.4 Å². The van der Waals surface area contributed by atoms with Gasteiger partial charge in [-0.3, -0.25) is 0 Å². The summed E-state index contributed by atoms with van der Waals surface area (Å²) in [5.41, 5.74) is 7.40. The maximum Gasteiger partial charge on any atom is 0.410 e. The molecule has 1 amide bonds. The van der Waals surface area contributed by atoms with E-state index in [9.17, 15) is 4.79 Å². The van der Waals surface area contributed by atoms with E-state index >= 15 is 0 Å². The summed E-state index contributed by atoms with van der Waals surface area (Å²) in [6, 6.07) is 8.04. The number of nitrogen functional groups attached to an aromatic ring is 1. The van der Waals surface area contributed by atoms with Gasteiger partial charge in [0.05, 0.1) is 0 Å². The molecule has 1 heterocycles. The largest absolute Gasteiger partial charge is 0.444 e. The van der Waals surface area contributed by atoms with E-state index in [1.807, 2.05) is 49.9 Å². The number of para-hydroxylation sites is 1. The number of anilines is 1. The van der Waals surface area contributed by atoms with Crippen LogP contribution in [0.15, 0.2) is 24.3 Å². The summed E-state index contributed by atoms with van der Waals surface area (Å²) in [7, 11) is 0. The molecule has 0 bridgehead atoms. The van der Waals surface area contributed by atoms with Crippen LogP contribution in [0.5, 0.6) is 0 Å². The summed E-state index contributed by atoms with van der Waals surface area (Å²) in [6.07, 6.45) is 3.00. The van der Waals surface area contributed by atoms with Crippen LogP contribution < -0.4 is 11.1 Å². The van der Waals surface area contributed by atoms with Crippen LogP contribution in [-0.4, -0.2) is 35.7 Å². The predicted molar refractivity (Wildman–Crippen MR) is 93.1 cm³/mol. The Hall–Kier alpha value is -1.75. The summed E-state index contributed by atoms with van der Waals surface area (Å²) in [5, 5.41) is 3.43. The number of carbonyl (C=O) groups excluding carboxylic acids is 1. The van der Waals surface area contributed by atoms with E-state index < -0.39 is 5.60 Å². The van der Waals surface area contributed by atoms with Gasteiger partial charge in [0.15, 0.2) is 0 Å². The van der Waals surface area contributed by atoms with Crippen LogP contribution >= 0.6 is 0 Å². The number of nitrogens with two attached hydrogens (primary N) is 1. The number of carbonyl (C=O) groups is 1. The van der Waals surface area contributed by atoms with Crippen LogP contribution in [0.2, 0.25) is 0 Å². The highest BCUT2D eigenvalue weighted by molar-refractivity contribution is 5.68. The van der Waals surface area contributed by atoms with Gasteiger partial charge in [0.2, 0.25) is 0 Å². The number of amides is 1. The first-order valence-corrected chi connectivity index (χ1v) is 8.40. The van der Waals surface area contributed by atoms with Crippen molar-refractivity contribution in [1.82, 2.24) is 10.2 Å². The molecule has 3 N–H and O–H groups in total. The van der Waals surface area contributed by atoms with Crippen molar-refractivity contribution < 1.29 is 9.53 Å². The first-order chi connectivity index (χ1) is 10.9. The number of rotatable bonds is 4. The normalized spacial score (nSPS) is 18.7. The molecule has 1 unspecified atom stereocenters. The van der Waals surface area contributed by atoms with Gasteiger partial charge in [0.1, 0.15) is 5.60 Å². The van der Waals surface area contributed by atoms with Crippen molar-refractivity contribution in [2.75, 3.05) is 18.8 Å². The minimum absolute atomic E-state index is 0.184.